The molecule has 0 aromatic heterocycles. The molecule has 0 spiro atoms. The summed E-state index contributed by atoms with van der Waals surface area (Å²) in [4.78, 5) is 35.5. The minimum atomic E-state index is -4.46. The van der Waals surface area contributed by atoms with E-state index < -0.39 is 29.7 Å². The van der Waals surface area contributed by atoms with Crippen molar-refractivity contribution in [2.45, 2.75) is 25.6 Å². The van der Waals surface area contributed by atoms with Crippen LogP contribution in [0.15, 0.2) is 48.5 Å². The summed E-state index contributed by atoms with van der Waals surface area (Å²) in [6, 6.07) is 9.21. The van der Waals surface area contributed by atoms with Gasteiger partial charge in [0.2, 0.25) is 5.91 Å². The van der Waals surface area contributed by atoms with Crippen LogP contribution in [0.4, 0.5) is 18.9 Å². The fourth-order valence-electron chi connectivity index (χ4n) is 2.55. The molecule has 0 unspecified atom stereocenters. The van der Waals surface area contributed by atoms with E-state index in [-0.39, 0.29) is 17.9 Å². The highest BCUT2D eigenvalue weighted by Crippen LogP contribution is 2.29. The molecule has 0 saturated carbocycles. The Morgan fingerprint density at radius 2 is 1.59 bits per heavy atom. The van der Waals surface area contributed by atoms with Gasteiger partial charge in [0.05, 0.1) is 12.7 Å². The van der Waals surface area contributed by atoms with Crippen LogP contribution in [0.25, 0.3) is 0 Å². The van der Waals surface area contributed by atoms with Crippen LogP contribution in [0, 0.1) is 0 Å². The number of amides is 2. The Labute approximate surface area is 165 Å². The number of nitrogens with one attached hydrogen (secondary N) is 2. The second kappa shape index (κ2) is 9.22. The third kappa shape index (κ3) is 6.34. The highest BCUT2D eigenvalue weighted by atomic mass is 19.4. The second-order valence-electron chi connectivity index (χ2n) is 6.21. The standard InChI is InChI=1S/C20H19F3N2O4/c1-12(26)24-16-9-5-14(6-10-16)18(27)25-17(19(28)29-2)11-13-3-7-15(8-4-13)20(21,22)23/h3-10,17H,11H2,1-2H3,(H,24,26)(H,25,27)/t17-/m0/s1. The maximum atomic E-state index is 12.7. The normalized spacial score (nSPS) is 12.0. The molecule has 1 atom stereocenters. The molecule has 154 valence electrons. The second-order valence-corrected chi connectivity index (χ2v) is 6.21. The molecule has 0 aliphatic heterocycles. The van der Waals surface area contributed by atoms with E-state index in [4.69, 9.17) is 0 Å². The maximum Gasteiger partial charge on any atom is 0.416 e. The van der Waals surface area contributed by atoms with E-state index in [0.717, 1.165) is 19.2 Å². The molecule has 0 radical (unpaired) electrons. The first kappa shape index (κ1) is 21.9. The Balaban J connectivity index is 2.11. The molecule has 0 aliphatic carbocycles. The number of hydrogen-bond donors (Lipinski definition) is 2. The van der Waals surface area contributed by atoms with Gasteiger partial charge < -0.3 is 15.4 Å². The summed E-state index contributed by atoms with van der Waals surface area (Å²) < 4.78 is 42.7. The highest BCUT2D eigenvalue weighted by Gasteiger charge is 2.30. The number of anilines is 1. The number of rotatable bonds is 6. The third-order valence-electron chi connectivity index (χ3n) is 3.98. The van der Waals surface area contributed by atoms with E-state index >= 15 is 0 Å². The van der Waals surface area contributed by atoms with E-state index in [1.165, 1.54) is 43.3 Å². The van der Waals surface area contributed by atoms with Crippen LogP contribution in [0.5, 0.6) is 0 Å². The summed E-state index contributed by atoms with van der Waals surface area (Å²) in [5, 5.41) is 5.08. The summed E-state index contributed by atoms with van der Waals surface area (Å²) in [6.07, 6.45) is -4.50. The Bertz CT molecular complexity index is 878. The quantitative estimate of drug-likeness (QED) is 0.719. The average Bonchev–Trinajstić information content (AvgIpc) is 2.66. The zero-order valence-electron chi connectivity index (χ0n) is 15.7. The first-order chi connectivity index (χ1) is 13.6. The van der Waals surface area contributed by atoms with Crippen LogP contribution in [0.2, 0.25) is 0 Å². The van der Waals surface area contributed by atoms with Crippen molar-refractivity contribution in [3.8, 4) is 0 Å². The monoisotopic (exact) mass is 408 g/mol. The molecule has 2 N–H and O–H groups in total. The zero-order chi connectivity index (χ0) is 21.6. The zero-order valence-corrected chi connectivity index (χ0v) is 15.7. The summed E-state index contributed by atoms with van der Waals surface area (Å²) in [5.41, 5.74) is 0.359. The molecule has 2 amide bonds. The molecule has 2 aromatic rings. The van der Waals surface area contributed by atoms with Crippen LogP contribution in [-0.4, -0.2) is 30.9 Å². The lowest BCUT2D eigenvalue weighted by Crippen LogP contribution is -2.43. The van der Waals surface area contributed by atoms with Crippen molar-refractivity contribution in [3.63, 3.8) is 0 Å². The van der Waals surface area contributed by atoms with E-state index in [1.807, 2.05) is 0 Å². The highest BCUT2D eigenvalue weighted by molar-refractivity contribution is 5.97. The van der Waals surface area contributed by atoms with Crippen molar-refractivity contribution in [1.29, 1.82) is 0 Å². The van der Waals surface area contributed by atoms with Gasteiger partial charge in [-0.15, -0.1) is 0 Å². The van der Waals surface area contributed by atoms with Crippen molar-refractivity contribution in [2.24, 2.45) is 0 Å². The van der Waals surface area contributed by atoms with Crippen LogP contribution in [0.1, 0.15) is 28.4 Å². The van der Waals surface area contributed by atoms with Crippen molar-refractivity contribution in [1.82, 2.24) is 5.32 Å². The molecule has 9 heteroatoms. The number of benzene rings is 2. The van der Waals surface area contributed by atoms with E-state index in [2.05, 4.69) is 15.4 Å². The van der Waals surface area contributed by atoms with Crippen molar-refractivity contribution in [3.05, 3.63) is 65.2 Å². The molecule has 0 aliphatic rings. The third-order valence-corrected chi connectivity index (χ3v) is 3.98. The van der Waals surface area contributed by atoms with Crippen molar-refractivity contribution < 1.29 is 32.3 Å². The summed E-state index contributed by atoms with van der Waals surface area (Å²) in [5.74, 6) is -1.56. The van der Waals surface area contributed by atoms with Gasteiger partial charge in [-0.3, -0.25) is 9.59 Å². The maximum absolute atomic E-state index is 12.7. The van der Waals surface area contributed by atoms with Gasteiger partial charge in [-0.2, -0.15) is 13.2 Å². The summed E-state index contributed by atoms with van der Waals surface area (Å²) in [6.45, 7) is 1.35. The summed E-state index contributed by atoms with van der Waals surface area (Å²) >= 11 is 0. The fraction of sp³-hybridized carbons (Fsp3) is 0.250. The Kier molecular flexibility index (Phi) is 6.98. The number of methoxy groups -OCH3 is 1. The first-order valence-electron chi connectivity index (χ1n) is 8.52. The van der Waals surface area contributed by atoms with Gasteiger partial charge in [-0.1, -0.05) is 12.1 Å². The van der Waals surface area contributed by atoms with Gasteiger partial charge in [0.1, 0.15) is 6.04 Å². The van der Waals surface area contributed by atoms with Crippen LogP contribution >= 0.6 is 0 Å². The number of esters is 1. The Morgan fingerprint density at radius 1 is 1.00 bits per heavy atom. The summed E-state index contributed by atoms with van der Waals surface area (Å²) in [7, 11) is 1.15. The van der Waals surface area contributed by atoms with Gasteiger partial charge in [0, 0.05) is 24.6 Å². The molecular weight excluding hydrogens is 389 g/mol. The minimum Gasteiger partial charge on any atom is -0.467 e. The van der Waals surface area contributed by atoms with E-state index in [0.29, 0.717) is 11.3 Å². The number of ether oxygens (including phenoxy) is 1. The van der Waals surface area contributed by atoms with Crippen molar-refractivity contribution >= 4 is 23.5 Å². The lowest BCUT2D eigenvalue weighted by molar-refractivity contribution is -0.143. The van der Waals surface area contributed by atoms with Gasteiger partial charge in [-0.05, 0) is 42.0 Å². The number of alkyl halides is 3. The molecular formula is C20H19F3N2O4. The number of halogens is 3. The molecule has 0 fully saturated rings. The predicted octanol–water partition coefficient (Wildman–Crippen LogP) is 3.18. The predicted molar refractivity (Wildman–Crippen MR) is 99.2 cm³/mol. The minimum absolute atomic E-state index is 0.0411. The van der Waals surface area contributed by atoms with Crippen LogP contribution < -0.4 is 10.6 Å². The van der Waals surface area contributed by atoms with Gasteiger partial charge in [0.15, 0.2) is 0 Å². The molecule has 2 aromatic carbocycles. The van der Waals surface area contributed by atoms with E-state index in [1.54, 1.807) is 0 Å². The Hall–Kier alpha value is -3.36. The molecule has 2 rings (SSSR count). The SMILES string of the molecule is COC(=O)[C@H](Cc1ccc(C(F)(F)F)cc1)NC(=O)c1ccc(NC(C)=O)cc1. The number of carbonyl (C=O) groups excluding carboxylic acids is 3. The van der Waals surface area contributed by atoms with Gasteiger partial charge in [0.25, 0.3) is 5.91 Å². The fourth-order valence-corrected chi connectivity index (χ4v) is 2.55. The Morgan fingerprint density at radius 3 is 2.07 bits per heavy atom. The lowest BCUT2D eigenvalue weighted by atomic mass is 10.0. The topological polar surface area (TPSA) is 84.5 Å². The number of hydrogen-bond acceptors (Lipinski definition) is 4. The van der Waals surface area contributed by atoms with Crippen LogP contribution in [-0.2, 0) is 26.9 Å². The largest absolute Gasteiger partial charge is 0.467 e. The smallest absolute Gasteiger partial charge is 0.416 e. The van der Waals surface area contributed by atoms with Gasteiger partial charge in [-0.25, -0.2) is 4.79 Å². The molecule has 0 bridgehead atoms. The molecule has 6 nitrogen and oxygen atoms in total. The van der Waals surface area contributed by atoms with Crippen molar-refractivity contribution in [2.75, 3.05) is 12.4 Å². The first-order valence-corrected chi connectivity index (χ1v) is 8.52. The van der Waals surface area contributed by atoms with Gasteiger partial charge >= 0.3 is 12.1 Å². The molecule has 29 heavy (non-hydrogen) atoms. The molecule has 0 saturated heterocycles. The van der Waals surface area contributed by atoms with Crippen LogP contribution in [0.3, 0.4) is 0 Å². The van der Waals surface area contributed by atoms with E-state index in [9.17, 15) is 27.6 Å². The number of carbonyl (C=O) groups is 3. The molecule has 0 heterocycles. The lowest BCUT2D eigenvalue weighted by Gasteiger charge is -2.17. The average molecular weight is 408 g/mol.